The number of halogens is 2. The number of hydrogen-bond acceptors (Lipinski definition) is 4. The summed E-state index contributed by atoms with van der Waals surface area (Å²) >= 11 is 6.73. The molecule has 0 spiro atoms. The van der Waals surface area contributed by atoms with Gasteiger partial charge >= 0.3 is 6.09 Å². The number of ether oxygens (including phenoxy) is 2. The fourth-order valence-electron chi connectivity index (χ4n) is 2.68. The van der Waals surface area contributed by atoms with E-state index in [1.165, 1.54) is 0 Å². The second-order valence-corrected chi connectivity index (χ2v) is 8.12. The summed E-state index contributed by atoms with van der Waals surface area (Å²) in [5.41, 5.74) is -0.131. The van der Waals surface area contributed by atoms with Crippen LogP contribution in [0.2, 0.25) is 0 Å². The van der Waals surface area contributed by atoms with Crippen LogP contribution < -0.4 is 0 Å². The van der Waals surface area contributed by atoms with Crippen molar-refractivity contribution in [3.05, 3.63) is 20.6 Å². The maximum atomic E-state index is 12.5. The maximum absolute atomic E-state index is 12.5. The fraction of sp³-hybridized carbons (Fsp3) is 0.667. The molecule has 7 nitrogen and oxygen atoms in total. The van der Waals surface area contributed by atoms with Gasteiger partial charge in [0.05, 0.1) is 25.3 Å². The Hall–Kier alpha value is -1.11. The molecule has 1 amide bonds. The van der Waals surface area contributed by atoms with E-state index < -0.39 is 5.60 Å². The van der Waals surface area contributed by atoms with Gasteiger partial charge in [-0.2, -0.15) is 5.10 Å². The number of carbonyl (C=O) groups excluding carboxylic acids is 1. The van der Waals surface area contributed by atoms with Gasteiger partial charge in [-0.25, -0.2) is 9.64 Å². The first-order chi connectivity index (χ1) is 11.2. The number of aromatic nitrogens is 2. The third-order valence-electron chi connectivity index (χ3n) is 3.62. The van der Waals surface area contributed by atoms with Crippen LogP contribution in [0.3, 0.4) is 0 Å². The molecule has 9 heteroatoms. The van der Waals surface area contributed by atoms with E-state index in [4.69, 9.17) is 16.0 Å². The van der Waals surface area contributed by atoms with Crippen LogP contribution in [-0.2, 0) is 9.47 Å². The van der Waals surface area contributed by atoms with Crippen LogP contribution in [0.15, 0.2) is 9.21 Å². The normalized spacial score (nSPS) is 21.0. The van der Waals surface area contributed by atoms with E-state index in [0.29, 0.717) is 34.5 Å². The van der Waals surface area contributed by atoms with Crippen molar-refractivity contribution >= 4 is 43.6 Å². The number of hydrogen-bond donors (Lipinski definition) is 0. The quantitative estimate of drug-likeness (QED) is 0.631. The summed E-state index contributed by atoms with van der Waals surface area (Å²) in [7, 11) is 1.61. The topological polar surface area (TPSA) is 61.0 Å². The summed E-state index contributed by atoms with van der Waals surface area (Å²) in [4.78, 5) is 17.6. The Morgan fingerprint density at radius 3 is 2.62 bits per heavy atom. The molecule has 1 aromatic heterocycles. The van der Waals surface area contributed by atoms with Crippen molar-refractivity contribution in [3.8, 4) is 0 Å². The van der Waals surface area contributed by atoms with Gasteiger partial charge < -0.3 is 14.4 Å². The number of rotatable bonds is 3. The van der Waals surface area contributed by atoms with Gasteiger partial charge in [0.15, 0.2) is 0 Å². The summed E-state index contributed by atoms with van der Waals surface area (Å²) in [6.07, 6.45) is 0.317. The monoisotopic (exact) mass is 462 g/mol. The van der Waals surface area contributed by atoms with Gasteiger partial charge in [-0.3, -0.25) is 4.68 Å². The first kappa shape index (κ1) is 19.2. The van der Waals surface area contributed by atoms with Crippen LogP contribution >= 0.6 is 31.9 Å². The van der Waals surface area contributed by atoms with E-state index >= 15 is 0 Å². The molecule has 0 saturated carbocycles. The van der Waals surface area contributed by atoms with Gasteiger partial charge in [0.25, 0.3) is 5.69 Å². The van der Waals surface area contributed by atoms with Crippen LogP contribution in [0.5, 0.6) is 0 Å². The third kappa shape index (κ3) is 4.10. The van der Waals surface area contributed by atoms with Crippen LogP contribution in [0.1, 0.15) is 33.2 Å². The molecule has 0 bridgehead atoms. The standard InChI is InChI=1S/C15H20Br2N4O3/c1-15(2,3)24-14(22)20-7-9(6-10(20)8-23-5)21-13(17)11(18-4)12(16)19-21/h9-10H,6-8H2,1-3,5H3/t9-,10+/m0/s1. The van der Waals surface area contributed by atoms with Crippen molar-refractivity contribution in [3.63, 3.8) is 0 Å². The first-order valence-electron chi connectivity index (χ1n) is 7.47. The Labute approximate surface area is 158 Å². The average molecular weight is 464 g/mol. The molecule has 0 N–H and O–H groups in total. The number of nitrogens with zero attached hydrogens (tertiary/aromatic N) is 4. The van der Waals surface area contributed by atoms with Crippen LogP contribution in [0.25, 0.3) is 4.85 Å². The molecule has 2 heterocycles. The van der Waals surface area contributed by atoms with Crippen LogP contribution in [-0.4, -0.2) is 52.7 Å². The van der Waals surface area contributed by atoms with Crippen molar-refractivity contribution in [2.75, 3.05) is 20.3 Å². The summed E-state index contributed by atoms with van der Waals surface area (Å²) < 4.78 is 13.6. The largest absolute Gasteiger partial charge is 0.444 e. The molecule has 1 aliphatic heterocycles. The Bertz CT molecular complexity index is 663. The van der Waals surface area contributed by atoms with E-state index in [9.17, 15) is 4.79 Å². The number of likely N-dealkylation sites (tertiary alicyclic amines) is 1. The molecule has 132 valence electrons. The van der Waals surface area contributed by atoms with Gasteiger partial charge in [0, 0.05) is 13.7 Å². The molecule has 1 fully saturated rings. The molecule has 0 aromatic carbocycles. The zero-order valence-corrected chi connectivity index (χ0v) is 17.2. The van der Waals surface area contributed by atoms with Gasteiger partial charge in [-0.1, -0.05) is 0 Å². The predicted octanol–water partition coefficient (Wildman–Crippen LogP) is 4.16. The Kier molecular flexibility index (Phi) is 5.94. The minimum Gasteiger partial charge on any atom is -0.444 e. The van der Waals surface area contributed by atoms with Crippen LogP contribution in [0.4, 0.5) is 10.5 Å². The summed E-state index contributed by atoms with van der Waals surface area (Å²) in [5.74, 6) is 0. The molecule has 24 heavy (non-hydrogen) atoms. The average Bonchev–Trinajstić information content (AvgIpc) is 2.99. The second-order valence-electron chi connectivity index (χ2n) is 6.62. The molecule has 1 aromatic rings. The number of carbonyl (C=O) groups is 1. The lowest BCUT2D eigenvalue weighted by atomic mass is 10.2. The van der Waals surface area contributed by atoms with Gasteiger partial charge in [0.1, 0.15) is 14.8 Å². The zero-order valence-electron chi connectivity index (χ0n) is 14.0. The minimum absolute atomic E-state index is 0.0566. The third-order valence-corrected chi connectivity index (χ3v) is 4.90. The molecule has 1 aliphatic rings. The van der Waals surface area contributed by atoms with Gasteiger partial charge in [-0.05, 0) is 59.1 Å². The van der Waals surface area contributed by atoms with E-state index in [1.807, 2.05) is 20.8 Å². The van der Waals surface area contributed by atoms with Crippen molar-refractivity contribution < 1.29 is 14.3 Å². The molecule has 0 unspecified atom stereocenters. The van der Waals surface area contributed by atoms with Crippen molar-refractivity contribution in [2.45, 2.75) is 44.9 Å². The Morgan fingerprint density at radius 1 is 1.46 bits per heavy atom. The Morgan fingerprint density at radius 2 is 2.12 bits per heavy atom. The summed E-state index contributed by atoms with van der Waals surface area (Å²) in [5, 5.41) is 4.38. The first-order valence-corrected chi connectivity index (χ1v) is 9.06. The maximum Gasteiger partial charge on any atom is 0.410 e. The number of amides is 1. The molecule has 0 aliphatic carbocycles. The highest BCUT2D eigenvalue weighted by atomic mass is 79.9. The lowest BCUT2D eigenvalue weighted by Gasteiger charge is -2.28. The molecule has 2 rings (SSSR count). The van der Waals surface area contributed by atoms with Crippen molar-refractivity contribution in [2.24, 2.45) is 0 Å². The zero-order chi connectivity index (χ0) is 18.1. The smallest absolute Gasteiger partial charge is 0.410 e. The summed E-state index contributed by atoms with van der Waals surface area (Å²) in [6.45, 7) is 13.6. The second kappa shape index (κ2) is 7.42. The predicted molar refractivity (Wildman–Crippen MR) is 96.1 cm³/mol. The molecule has 1 saturated heterocycles. The van der Waals surface area contributed by atoms with Gasteiger partial charge in [0.2, 0.25) is 0 Å². The van der Waals surface area contributed by atoms with E-state index in [1.54, 1.807) is 16.7 Å². The molecular formula is C15H20Br2N4O3. The summed E-state index contributed by atoms with van der Waals surface area (Å²) in [6, 6.07) is -0.153. The molecular weight excluding hydrogens is 444 g/mol. The van der Waals surface area contributed by atoms with Gasteiger partial charge in [-0.15, -0.1) is 0 Å². The fourth-order valence-corrected chi connectivity index (χ4v) is 4.04. The minimum atomic E-state index is -0.556. The van der Waals surface area contributed by atoms with Crippen molar-refractivity contribution in [1.82, 2.24) is 14.7 Å². The number of methoxy groups -OCH3 is 1. The lowest BCUT2D eigenvalue weighted by Crippen LogP contribution is -2.41. The highest BCUT2D eigenvalue weighted by Gasteiger charge is 2.39. The Balaban J connectivity index is 2.24. The SMILES string of the molecule is [C-]#[N+]c1c(Br)nn([C@H]2C[C@H](COC)N(C(=O)OC(C)(C)C)C2)c1Br. The highest BCUT2D eigenvalue weighted by Crippen LogP contribution is 2.38. The molecule has 2 atom stereocenters. The lowest BCUT2D eigenvalue weighted by molar-refractivity contribution is 0.0145. The highest BCUT2D eigenvalue weighted by molar-refractivity contribution is 9.11. The van der Waals surface area contributed by atoms with E-state index in [2.05, 4.69) is 41.8 Å². The van der Waals surface area contributed by atoms with E-state index in [-0.39, 0.29) is 18.2 Å². The van der Waals surface area contributed by atoms with E-state index in [0.717, 1.165) is 0 Å². The van der Waals surface area contributed by atoms with Crippen molar-refractivity contribution in [1.29, 1.82) is 0 Å². The van der Waals surface area contributed by atoms with Crippen LogP contribution in [0, 0.1) is 6.57 Å². The molecule has 0 radical (unpaired) electrons.